The van der Waals surface area contributed by atoms with E-state index in [2.05, 4.69) is 38.2 Å². The van der Waals surface area contributed by atoms with Crippen LogP contribution in [0.25, 0.3) is 0 Å². The van der Waals surface area contributed by atoms with Crippen molar-refractivity contribution in [2.45, 2.75) is 33.4 Å². The quantitative estimate of drug-likeness (QED) is 0.659. The summed E-state index contributed by atoms with van der Waals surface area (Å²) in [6.07, 6.45) is 0. The van der Waals surface area contributed by atoms with Crippen LogP contribution in [0.3, 0.4) is 0 Å². The first-order valence-corrected chi connectivity index (χ1v) is 9.02. The summed E-state index contributed by atoms with van der Waals surface area (Å²) >= 11 is 6.05. The van der Waals surface area contributed by atoms with Gasteiger partial charge >= 0.3 is 0 Å². The highest BCUT2D eigenvalue weighted by molar-refractivity contribution is 6.30. The van der Waals surface area contributed by atoms with Gasteiger partial charge in [0.1, 0.15) is 32.7 Å². The summed E-state index contributed by atoms with van der Waals surface area (Å²) in [4.78, 5) is 15.1. The van der Waals surface area contributed by atoms with Crippen molar-refractivity contribution in [3.8, 4) is 0 Å². The lowest BCUT2D eigenvalue weighted by Crippen LogP contribution is -3.28. The minimum absolute atomic E-state index is 0.180. The van der Waals surface area contributed by atoms with Crippen LogP contribution in [0.4, 0.5) is 0 Å². The van der Waals surface area contributed by atoms with Crippen molar-refractivity contribution in [2.75, 3.05) is 32.7 Å². The first-order valence-electron chi connectivity index (χ1n) is 8.65. The fourth-order valence-corrected chi connectivity index (χ4v) is 3.16. The van der Waals surface area contributed by atoms with E-state index in [4.69, 9.17) is 11.6 Å². The van der Waals surface area contributed by atoms with Gasteiger partial charge in [0.15, 0.2) is 6.54 Å². The van der Waals surface area contributed by atoms with Crippen molar-refractivity contribution in [1.82, 2.24) is 5.32 Å². The van der Waals surface area contributed by atoms with Gasteiger partial charge < -0.3 is 15.1 Å². The zero-order valence-corrected chi connectivity index (χ0v) is 15.2. The van der Waals surface area contributed by atoms with Gasteiger partial charge in [-0.1, -0.05) is 37.6 Å². The van der Waals surface area contributed by atoms with Gasteiger partial charge in [-0.15, -0.1) is 0 Å². The smallest absolute Gasteiger partial charge is 0.275 e. The molecule has 1 atom stereocenters. The average Bonchev–Trinajstić information content (AvgIpc) is 2.49. The maximum atomic E-state index is 12.1. The number of carbonyl (C=O) groups excluding carboxylic acids is 1. The predicted molar refractivity (Wildman–Crippen MR) is 93.9 cm³/mol. The van der Waals surface area contributed by atoms with Crippen LogP contribution >= 0.6 is 11.6 Å². The van der Waals surface area contributed by atoms with Crippen LogP contribution in [0.1, 0.15) is 26.3 Å². The first-order chi connectivity index (χ1) is 10.9. The third kappa shape index (κ3) is 6.13. The highest BCUT2D eigenvalue weighted by Crippen LogP contribution is 2.09. The molecule has 0 unspecified atom stereocenters. The standard InChI is InChI=1S/C18H28ClN3O/c1-14(2)15(3)20-18(23)13-22-9-7-21(8-10-22)12-16-5-4-6-17(19)11-16/h4-6,11,14-15H,7-10,12-13H2,1-3H3,(H,20,23)/p+2/t15-/m1/s1. The molecule has 5 heteroatoms. The summed E-state index contributed by atoms with van der Waals surface area (Å²) in [5.74, 6) is 0.660. The second-order valence-electron chi connectivity index (χ2n) is 7.08. The molecule has 0 aromatic heterocycles. The number of hydrogen-bond donors (Lipinski definition) is 3. The van der Waals surface area contributed by atoms with Crippen LogP contribution in [0.5, 0.6) is 0 Å². The lowest BCUT2D eigenvalue weighted by Gasteiger charge is -2.30. The maximum absolute atomic E-state index is 12.1. The number of rotatable bonds is 6. The lowest BCUT2D eigenvalue weighted by atomic mass is 10.1. The minimum Gasteiger partial charge on any atom is -0.348 e. The summed E-state index contributed by atoms with van der Waals surface area (Å²) < 4.78 is 0. The molecule has 0 saturated carbocycles. The van der Waals surface area contributed by atoms with Gasteiger partial charge in [-0.3, -0.25) is 4.79 Å². The van der Waals surface area contributed by atoms with Gasteiger partial charge in [0.2, 0.25) is 0 Å². The predicted octanol–water partition coefficient (Wildman–Crippen LogP) is -0.216. The molecule has 3 N–H and O–H groups in total. The Morgan fingerprint density at radius 1 is 1.17 bits per heavy atom. The molecule has 0 aliphatic carbocycles. The monoisotopic (exact) mass is 339 g/mol. The van der Waals surface area contributed by atoms with E-state index in [1.807, 2.05) is 12.1 Å². The Labute approximate surface area is 144 Å². The number of amides is 1. The molecule has 1 aromatic carbocycles. The minimum atomic E-state index is 0.180. The van der Waals surface area contributed by atoms with Gasteiger partial charge in [0.05, 0.1) is 0 Å². The van der Waals surface area contributed by atoms with Gasteiger partial charge in [-0.2, -0.15) is 0 Å². The molecule has 1 aliphatic rings. The molecule has 1 fully saturated rings. The number of nitrogens with one attached hydrogen (secondary N) is 3. The van der Waals surface area contributed by atoms with Crippen molar-refractivity contribution in [3.63, 3.8) is 0 Å². The van der Waals surface area contributed by atoms with E-state index in [1.54, 1.807) is 4.90 Å². The molecule has 1 aromatic rings. The summed E-state index contributed by atoms with van der Waals surface area (Å²) in [5.41, 5.74) is 1.29. The third-order valence-electron chi connectivity index (χ3n) is 4.81. The van der Waals surface area contributed by atoms with E-state index < -0.39 is 0 Å². The Kier molecular flexibility index (Phi) is 6.88. The fourth-order valence-electron chi connectivity index (χ4n) is 2.94. The topological polar surface area (TPSA) is 38.0 Å². The number of halogens is 1. The molecular formula is C18H30ClN3O+2. The Hall–Kier alpha value is -1.10. The summed E-state index contributed by atoms with van der Waals surface area (Å²) in [6.45, 7) is 12.3. The van der Waals surface area contributed by atoms with Crippen LogP contribution in [-0.4, -0.2) is 44.7 Å². The van der Waals surface area contributed by atoms with Gasteiger partial charge in [-0.25, -0.2) is 0 Å². The molecule has 4 nitrogen and oxygen atoms in total. The van der Waals surface area contributed by atoms with E-state index in [-0.39, 0.29) is 11.9 Å². The zero-order valence-electron chi connectivity index (χ0n) is 14.5. The van der Waals surface area contributed by atoms with Gasteiger partial charge in [0, 0.05) is 16.6 Å². The van der Waals surface area contributed by atoms with Crippen LogP contribution in [-0.2, 0) is 11.3 Å². The number of piperazine rings is 1. The number of hydrogen-bond acceptors (Lipinski definition) is 1. The molecule has 0 bridgehead atoms. The van der Waals surface area contributed by atoms with Crippen LogP contribution in [0.2, 0.25) is 5.02 Å². The van der Waals surface area contributed by atoms with Crippen molar-refractivity contribution in [1.29, 1.82) is 0 Å². The van der Waals surface area contributed by atoms with Crippen LogP contribution in [0.15, 0.2) is 24.3 Å². The fraction of sp³-hybridized carbons (Fsp3) is 0.611. The molecule has 128 valence electrons. The van der Waals surface area contributed by atoms with Gasteiger partial charge in [-0.05, 0) is 25.0 Å². The van der Waals surface area contributed by atoms with E-state index >= 15 is 0 Å². The summed E-state index contributed by atoms with van der Waals surface area (Å²) in [7, 11) is 0. The Balaban J connectivity index is 1.72. The first kappa shape index (κ1) is 18.2. The zero-order chi connectivity index (χ0) is 16.8. The van der Waals surface area contributed by atoms with E-state index in [0.29, 0.717) is 12.5 Å². The van der Waals surface area contributed by atoms with Crippen molar-refractivity contribution in [3.05, 3.63) is 34.9 Å². The Bertz CT molecular complexity index is 513. The normalized spacial score (nSPS) is 22.8. The molecule has 1 heterocycles. The second kappa shape index (κ2) is 8.67. The highest BCUT2D eigenvalue weighted by atomic mass is 35.5. The summed E-state index contributed by atoms with van der Waals surface area (Å²) in [5, 5.41) is 3.91. The highest BCUT2D eigenvalue weighted by Gasteiger charge is 2.25. The number of quaternary nitrogens is 2. The average molecular weight is 340 g/mol. The molecule has 0 radical (unpaired) electrons. The Morgan fingerprint density at radius 2 is 1.83 bits per heavy atom. The largest absolute Gasteiger partial charge is 0.348 e. The molecular weight excluding hydrogens is 310 g/mol. The SMILES string of the molecule is CC(C)[C@@H](C)NC(=O)C[NH+]1CC[NH+](Cc2cccc(Cl)c2)CC1. The number of benzene rings is 1. The molecule has 0 spiro atoms. The third-order valence-corrected chi connectivity index (χ3v) is 5.04. The maximum Gasteiger partial charge on any atom is 0.275 e. The van der Waals surface area contributed by atoms with Gasteiger partial charge in [0.25, 0.3) is 5.91 Å². The second-order valence-corrected chi connectivity index (χ2v) is 7.52. The molecule has 1 saturated heterocycles. The van der Waals surface area contributed by atoms with Crippen LogP contribution in [0, 0.1) is 5.92 Å². The van der Waals surface area contributed by atoms with Crippen LogP contribution < -0.4 is 15.1 Å². The lowest BCUT2D eigenvalue weighted by molar-refractivity contribution is -1.02. The molecule has 2 rings (SSSR count). The van der Waals surface area contributed by atoms with Crippen molar-refractivity contribution >= 4 is 17.5 Å². The number of carbonyl (C=O) groups is 1. The molecule has 1 aliphatic heterocycles. The van der Waals surface area contributed by atoms with E-state index in [9.17, 15) is 4.79 Å². The molecule has 23 heavy (non-hydrogen) atoms. The van der Waals surface area contributed by atoms with E-state index in [1.165, 1.54) is 10.5 Å². The molecule has 1 amide bonds. The summed E-state index contributed by atoms with van der Waals surface area (Å²) in [6, 6.07) is 8.36. The van der Waals surface area contributed by atoms with Crippen molar-refractivity contribution in [2.24, 2.45) is 5.92 Å². The van der Waals surface area contributed by atoms with E-state index in [0.717, 1.165) is 37.7 Å². The van der Waals surface area contributed by atoms with Crippen molar-refractivity contribution < 1.29 is 14.6 Å². The Morgan fingerprint density at radius 3 is 2.43 bits per heavy atom.